The predicted molar refractivity (Wildman–Crippen MR) is 157 cm³/mol. The number of nitrogens with zero attached hydrogens (tertiary/aromatic N) is 6. The summed E-state index contributed by atoms with van der Waals surface area (Å²) in [6.45, 7) is 6.84. The molecule has 5 heterocycles. The molecule has 3 saturated heterocycles. The van der Waals surface area contributed by atoms with Crippen molar-refractivity contribution < 1.29 is 14.6 Å². The smallest absolute Gasteiger partial charge is 0.159 e. The lowest BCUT2D eigenvalue weighted by atomic mass is 9.44. The zero-order valence-electron chi connectivity index (χ0n) is 23.2. The van der Waals surface area contributed by atoms with Gasteiger partial charge in [-0.1, -0.05) is 10.7 Å². The number of ether oxygens (including phenoxy) is 2. The number of aliphatic hydroxyl groups is 1. The van der Waals surface area contributed by atoms with Crippen LogP contribution in [0.4, 0.5) is 5.82 Å². The molecule has 0 spiro atoms. The van der Waals surface area contributed by atoms with Gasteiger partial charge in [0.15, 0.2) is 5.82 Å². The summed E-state index contributed by atoms with van der Waals surface area (Å²) >= 11 is 0. The van der Waals surface area contributed by atoms with E-state index < -0.39 is 10.7 Å². The second kappa shape index (κ2) is 10.5. The van der Waals surface area contributed by atoms with Gasteiger partial charge < -0.3 is 24.4 Å². The Hall–Kier alpha value is -2.33. The van der Waals surface area contributed by atoms with Crippen molar-refractivity contribution in [3.8, 4) is 5.82 Å². The van der Waals surface area contributed by atoms with Crippen LogP contribution in [0.2, 0.25) is 0 Å². The van der Waals surface area contributed by atoms with E-state index in [1.807, 2.05) is 28.8 Å². The van der Waals surface area contributed by atoms with Gasteiger partial charge in [0.1, 0.15) is 11.6 Å². The molecule has 3 aromatic rings. The zero-order chi connectivity index (χ0) is 28.2. The largest absolute Gasteiger partial charge is 0.394 e. The van der Waals surface area contributed by atoms with Gasteiger partial charge in [-0.3, -0.25) is 0 Å². The molecular formula is C27H32B4N6O3. The van der Waals surface area contributed by atoms with E-state index in [4.69, 9.17) is 50.9 Å². The van der Waals surface area contributed by atoms with Crippen LogP contribution < -0.4 is 4.90 Å². The molecular weight excluding hydrogens is 500 g/mol. The van der Waals surface area contributed by atoms with Gasteiger partial charge in [-0.05, 0) is 62.3 Å². The Labute approximate surface area is 240 Å². The molecule has 8 radical (unpaired) electrons. The van der Waals surface area contributed by atoms with Gasteiger partial charge >= 0.3 is 0 Å². The minimum Gasteiger partial charge on any atom is -0.394 e. The summed E-state index contributed by atoms with van der Waals surface area (Å²) < 4.78 is 13.0. The number of benzene rings is 1. The number of aliphatic hydroxyl groups excluding tert-OH is 1. The molecule has 1 N–H and O–H groups in total. The molecule has 9 nitrogen and oxygen atoms in total. The maximum atomic E-state index is 9.59. The predicted octanol–water partition coefficient (Wildman–Crippen LogP) is 0.580. The fourth-order valence-electron chi connectivity index (χ4n) is 6.74. The van der Waals surface area contributed by atoms with E-state index in [1.165, 1.54) is 0 Å². The second-order valence-electron chi connectivity index (χ2n) is 11.6. The first-order valence-electron chi connectivity index (χ1n) is 13.9. The quantitative estimate of drug-likeness (QED) is 0.479. The molecule has 0 aliphatic carbocycles. The maximum Gasteiger partial charge on any atom is 0.159 e. The normalized spacial score (nSPS) is 25.5. The Morgan fingerprint density at radius 1 is 1.02 bits per heavy atom. The van der Waals surface area contributed by atoms with Gasteiger partial charge in [0.05, 0.1) is 69.0 Å². The van der Waals surface area contributed by atoms with Gasteiger partial charge in [-0.25, -0.2) is 14.6 Å². The highest BCUT2D eigenvalue weighted by Crippen LogP contribution is 2.45. The van der Waals surface area contributed by atoms with Crippen LogP contribution in [0.1, 0.15) is 42.1 Å². The fourth-order valence-corrected chi connectivity index (χ4v) is 6.74. The Morgan fingerprint density at radius 2 is 1.77 bits per heavy atom. The summed E-state index contributed by atoms with van der Waals surface area (Å²) in [7, 11) is 26.9. The lowest BCUT2D eigenvalue weighted by molar-refractivity contribution is 0.00335. The molecule has 0 saturated carbocycles. The number of piperidine rings is 1. The minimum absolute atomic E-state index is 0.00900. The van der Waals surface area contributed by atoms with E-state index in [1.54, 1.807) is 0 Å². The Kier molecular flexibility index (Phi) is 7.30. The van der Waals surface area contributed by atoms with E-state index in [2.05, 4.69) is 28.9 Å². The molecule has 3 fully saturated rings. The Morgan fingerprint density at radius 3 is 2.48 bits per heavy atom. The average molecular weight is 532 g/mol. The summed E-state index contributed by atoms with van der Waals surface area (Å²) in [5.74, 6) is 2.01. The number of hydrogen-bond donors (Lipinski definition) is 1. The van der Waals surface area contributed by atoms with Crippen molar-refractivity contribution in [2.24, 2.45) is 0 Å². The van der Waals surface area contributed by atoms with Gasteiger partial charge in [0, 0.05) is 37.2 Å². The van der Waals surface area contributed by atoms with E-state index in [0.717, 1.165) is 34.3 Å². The highest BCUT2D eigenvalue weighted by molar-refractivity contribution is 6.44. The maximum absolute atomic E-state index is 9.59. The Bertz CT molecular complexity index is 1380. The molecule has 0 unspecified atom stereocenters. The zero-order valence-corrected chi connectivity index (χ0v) is 23.2. The summed E-state index contributed by atoms with van der Waals surface area (Å²) in [5.41, 5.74) is 3.09. The third kappa shape index (κ3) is 5.10. The van der Waals surface area contributed by atoms with Crippen LogP contribution in [0.15, 0.2) is 24.4 Å². The van der Waals surface area contributed by atoms with Crippen LogP contribution in [0.3, 0.4) is 0 Å². The third-order valence-electron chi connectivity index (χ3n) is 8.40. The summed E-state index contributed by atoms with van der Waals surface area (Å²) in [4.78, 5) is 13.3. The number of fused-ring (bicyclic) bond motifs is 1. The molecule has 3 aliphatic rings. The summed E-state index contributed by atoms with van der Waals surface area (Å²) in [6.07, 6.45) is 3.40. The number of anilines is 1. The Balaban J connectivity index is 1.35. The average Bonchev–Trinajstić information content (AvgIpc) is 3.56. The first kappa shape index (κ1) is 27.8. The molecule has 0 bridgehead atoms. The van der Waals surface area contributed by atoms with Crippen LogP contribution in [0.25, 0.3) is 16.7 Å². The van der Waals surface area contributed by atoms with E-state index in [9.17, 15) is 5.11 Å². The molecule has 2 aromatic heterocycles. The molecule has 6 rings (SSSR count). The topological polar surface area (TPSA) is 88.8 Å². The molecule has 3 aliphatic heterocycles. The van der Waals surface area contributed by atoms with Crippen LogP contribution in [-0.4, -0.2) is 123 Å². The molecule has 200 valence electrons. The second-order valence-corrected chi connectivity index (χ2v) is 11.6. The monoisotopic (exact) mass is 532 g/mol. The highest BCUT2D eigenvalue weighted by Gasteiger charge is 2.47. The van der Waals surface area contributed by atoms with Crippen molar-refractivity contribution in [3.05, 3.63) is 41.3 Å². The van der Waals surface area contributed by atoms with Crippen molar-refractivity contribution in [3.63, 3.8) is 0 Å². The molecule has 0 amide bonds. The van der Waals surface area contributed by atoms with Crippen LogP contribution in [0.5, 0.6) is 0 Å². The summed E-state index contributed by atoms with van der Waals surface area (Å²) in [5, 5.41) is 12.9. The third-order valence-corrected chi connectivity index (χ3v) is 8.40. The minimum atomic E-state index is -1.18. The molecule has 40 heavy (non-hydrogen) atoms. The number of likely N-dealkylation sites (tertiary alicyclic amines) is 1. The van der Waals surface area contributed by atoms with Crippen molar-refractivity contribution in [2.75, 3.05) is 44.4 Å². The summed E-state index contributed by atoms with van der Waals surface area (Å²) in [6, 6.07) is 6.18. The molecule has 13 heteroatoms. The van der Waals surface area contributed by atoms with Crippen LogP contribution in [-0.2, 0) is 9.47 Å². The lowest BCUT2D eigenvalue weighted by Crippen LogP contribution is -2.70. The first-order chi connectivity index (χ1) is 19.1. The van der Waals surface area contributed by atoms with Crippen molar-refractivity contribution in [1.82, 2.24) is 24.6 Å². The van der Waals surface area contributed by atoms with Crippen LogP contribution in [0, 0.1) is 13.8 Å². The number of aromatic nitrogens is 4. The number of aryl methyl sites for hydroxylation is 2. The molecule has 2 atom stereocenters. The number of morpholine rings is 1. The van der Waals surface area contributed by atoms with E-state index in [0.29, 0.717) is 57.4 Å². The van der Waals surface area contributed by atoms with E-state index in [-0.39, 0.29) is 24.7 Å². The van der Waals surface area contributed by atoms with Gasteiger partial charge in [-0.2, -0.15) is 5.10 Å². The first-order valence-corrected chi connectivity index (χ1v) is 13.9. The number of hydrogen-bond acceptors (Lipinski definition) is 8. The van der Waals surface area contributed by atoms with Crippen molar-refractivity contribution in [1.29, 1.82) is 0 Å². The van der Waals surface area contributed by atoms with E-state index >= 15 is 0 Å². The van der Waals surface area contributed by atoms with Crippen LogP contribution >= 0.6 is 0 Å². The standard InChI is InChI=1S/C27H32B4N6O3/c1-16-7-18-12-32-36(25-9-24(33-17(2)34-25)35-4-6-40-21(13-35)14-38)23(18)8-22(16)19-10-26(28,29)37(27(30,31)11-19)20-3-5-39-15-20/h7-9,12,19-21,38H,3-6,10-11,13-15H2,1-2H3/t20-,21+/m0/s1. The number of rotatable bonds is 5. The molecule has 1 aromatic carbocycles. The van der Waals surface area contributed by atoms with Gasteiger partial charge in [-0.15, -0.1) is 0 Å². The van der Waals surface area contributed by atoms with Crippen molar-refractivity contribution in [2.45, 2.75) is 61.8 Å². The lowest BCUT2D eigenvalue weighted by Gasteiger charge is -2.60. The van der Waals surface area contributed by atoms with Gasteiger partial charge in [0.25, 0.3) is 0 Å². The SMILES string of the molecule is [B]C1([B])CC(c2cc3c(cnn3-c3cc(N4CCO[C@@H](CO)C4)nc(C)n3)cc2C)CC([B])([B])N1[C@H]1CCOC1. The highest BCUT2D eigenvalue weighted by atomic mass is 16.5. The van der Waals surface area contributed by atoms with Gasteiger partial charge in [0.2, 0.25) is 0 Å². The van der Waals surface area contributed by atoms with Crippen molar-refractivity contribution >= 4 is 48.1 Å². The fraction of sp³-hybridized carbons (Fsp3) is 0.593.